The second kappa shape index (κ2) is 10.4. The van der Waals surface area contributed by atoms with Gasteiger partial charge in [-0.25, -0.2) is 8.78 Å². The summed E-state index contributed by atoms with van der Waals surface area (Å²) >= 11 is 0. The minimum atomic E-state index is -0.975. The Hall–Kier alpha value is -1.45. The van der Waals surface area contributed by atoms with Crippen LogP contribution in [0.5, 0.6) is 5.75 Å². The molecule has 1 aromatic carbocycles. The van der Waals surface area contributed by atoms with E-state index in [2.05, 4.69) is 6.92 Å². The number of fused-ring (bicyclic) bond motifs is 1. The van der Waals surface area contributed by atoms with Gasteiger partial charge in [-0.15, -0.1) is 0 Å². The van der Waals surface area contributed by atoms with Crippen molar-refractivity contribution in [1.29, 1.82) is 0 Å². The summed E-state index contributed by atoms with van der Waals surface area (Å²) < 4.78 is 32.1. The van der Waals surface area contributed by atoms with Gasteiger partial charge in [0.1, 0.15) is 5.75 Å². The molecule has 4 rings (SSSR count). The Labute approximate surface area is 186 Å². The molecule has 0 saturated heterocycles. The van der Waals surface area contributed by atoms with Crippen LogP contribution in [0.15, 0.2) is 18.2 Å². The van der Waals surface area contributed by atoms with Gasteiger partial charge < -0.3 is 4.74 Å². The van der Waals surface area contributed by atoms with Crippen molar-refractivity contribution in [2.24, 2.45) is 35.5 Å². The van der Waals surface area contributed by atoms with Crippen LogP contribution in [0.3, 0.4) is 0 Å². The molecule has 0 heterocycles. The number of carbonyl (C=O) groups is 1. The van der Waals surface area contributed by atoms with Gasteiger partial charge in [0.15, 0.2) is 11.6 Å². The van der Waals surface area contributed by atoms with Crippen LogP contribution in [0.25, 0.3) is 0 Å². The Morgan fingerprint density at radius 1 is 0.935 bits per heavy atom. The first kappa shape index (κ1) is 22.7. The highest BCUT2D eigenvalue weighted by molar-refractivity contribution is 5.75. The molecule has 1 aromatic rings. The standard InChI is InChI=1S/C27H38F2O2/c1-2-3-5-18-8-10-19(11-9-18)20-12-14-23-21(16-20)6-4-7-24(23)27(30)31-22-13-15-25(28)26(29)17-22/h13,15,17-21,23-24H,2-12,14,16H2,1H3. The molecule has 3 aliphatic carbocycles. The molecule has 0 spiro atoms. The van der Waals surface area contributed by atoms with Crippen molar-refractivity contribution in [2.45, 2.75) is 90.4 Å². The number of halogens is 2. The Morgan fingerprint density at radius 2 is 1.71 bits per heavy atom. The molecule has 0 N–H and O–H groups in total. The van der Waals surface area contributed by atoms with E-state index in [9.17, 15) is 13.6 Å². The van der Waals surface area contributed by atoms with Crippen LogP contribution < -0.4 is 4.74 Å². The molecule has 4 heteroatoms. The average Bonchev–Trinajstić information content (AvgIpc) is 2.79. The molecule has 3 fully saturated rings. The van der Waals surface area contributed by atoms with E-state index < -0.39 is 11.6 Å². The fourth-order valence-corrected chi connectivity index (χ4v) is 6.89. The maximum Gasteiger partial charge on any atom is 0.314 e. The normalized spacial score (nSPS) is 33.5. The minimum Gasteiger partial charge on any atom is -0.426 e. The Morgan fingerprint density at radius 3 is 2.45 bits per heavy atom. The minimum absolute atomic E-state index is 0.0994. The lowest BCUT2D eigenvalue weighted by Gasteiger charge is -2.46. The predicted molar refractivity (Wildman–Crippen MR) is 119 cm³/mol. The molecular weight excluding hydrogens is 394 g/mol. The second-order valence-corrected chi connectivity index (χ2v) is 10.5. The fourth-order valence-electron chi connectivity index (χ4n) is 6.89. The third-order valence-corrected chi connectivity index (χ3v) is 8.62. The zero-order valence-electron chi connectivity index (χ0n) is 19.0. The van der Waals surface area contributed by atoms with E-state index in [1.54, 1.807) is 0 Å². The quantitative estimate of drug-likeness (QED) is 0.340. The molecule has 3 saturated carbocycles. The molecule has 172 valence electrons. The van der Waals surface area contributed by atoms with Crippen molar-refractivity contribution in [3.8, 4) is 5.75 Å². The van der Waals surface area contributed by atoms with Crippen LogP contribution in [-0.4, -0.2) is 5.97 Å². The number of benzene rings is 1. The molecule has 4 unspecified atom stereocenters. The van der Waals surface area contributed by atoms with Crippen LogP contribution in [0.2, 0.25) is 0 Å². The molecular formula is C27H38F2O2. The van der Waals surface area contributed by atoms with Crippen molar-refractivity contribution in [3.05, 3.63) is 29.8 Å². The van der Waals surface area contributed by atoms with E-state index in [4.69, 9.17) is 4.74 Å². The van der Waals surface area contributed by atoms with E-state index in [1.807, 2.05) is 0 Å². The van der Waals surface area contributed by atoms with Crippen molar-refractivity contribution < 1.29 is 18.3 Å². The highest BCUT2D eigenvalue weighted by Gasteiger charge is 2.43. The number of unbranched alkanes of at least 4 members (excludes halogenated alkanes) is 1. The number of esters is 1. The van der Waals surface area contributed by atoms with E-state index >= 15 is 0 Å². The van der Waals surface area contributed by atoms with Crippen LogP contribution in [-0.2, 0) is 4.79 Å². The molecule has 0 amide bonds. The average molecular weight is 433 g/mol. The third kappa shape index (κ3) is 5.49. The highest BCUT2D eigenvalue weighted by Crippen LogP contribution is 2.50. The van der Waals surface area contributed by atoms with Crippen molar-refractivity contribution in [1.82, 2.24) is 0 Å². The van der Waals surface area contributed by atoms with Crippen molar-refractivity contribution in [3.63, 3.8) is 0 Å². The second-order valence-electron chi connectivity index (χ2n) is 10.5. The summed E-state index contributed by atoms with van der Waals surface area (Å²) in [5, 5.41) is 0. The summed E-state index contributed by atoms with van der Waals surface area (Å²) in [5.74, 6) is 1.54. The zero-order chi connectivity index (χ0) is 21.8. The maximum absolute atomic E-state index is 13.5. The lowest BCUT2D eigenvalue weighted by Crippen LogP contribution is -2.40. The molecule has 0 bridgehead atoms. The number of hydrogen-bond acceptors (Lipinski definition) is 2. The molecule has 31 heavy (non-hydrogen) atoms. The van der Waals surface area contributed by atoms with E-state index in [0.717, 1.165) is 49.1 Å². The number of carbonyl (C=O) groups excluding carboxylic acids is 1. The first-order valence-corrected chi connectivity index (χ1v) is 12.7. The number of hydrogen-bond donors (Lipinski definition) is 0. The summed E-state index contributed by atoms with van der Waals surface area (Å²) in [5.41, 5.74) is 0. The Bertz CT molecular complexity index is 741. The largest absolute Gasteiger partial charge is 0.426 e. The SMILES string of the molecule is CCCCC1CCC(C2CCC3C(CCCC3C(=O)Oc3ccc(F)c(F)c3)C2)CC1. The maximum atomic E-state index is 13.5. The first-order valence-electron chi connectivity index (χ1n) is 12.7. The van der Waals surface area contributed by atoms with Gasteiger partial charge in [0.2, 0.25) is 0 Å². The molecule has 0 radical (unpaired) electrons. The number of rotatable bonds is 6. The van der Waals surface area contributed by atoms with Gasteiger partial charge >= 0.3 is 5.97 Å². The van der Waals surface area contributed by atoms with Gasteiger partial charge in [0.05, 0.1) is 5.92 Å². The van der Waals surface area contributed by atoms with Crippen molar-refractivity contribution >= 4 is 5.97 Å². The first-order chi connectivity index (χ1) is 15.0. The van der Waals surface area contributed by atoms with Gasteiger partial charge in [-0.05, 0) is 80.2 Å². The van der Waals surface area contributed by atoms with Gasteiger partial charge in [-0.2, -0.15) is 0 Å². The van der Waals surface area contributed by atoms with E-state index in [0.29, 0.717) is 11.8 Å². The zero-order valence-corrected chi connectivity index (χ0v) is 19.0. The van der Waals surface area contributed by atoms with Gasteiger partial charge in [0.25, 0.3) is 0 Å². The summed E-state index contributed by atoms with van der Waals surface area (Å²) in [4.78, 5) is 12.9. The topological polar surface area (TPSA) is 26.3 Å². The van der Waals surface area contributed by atoms with E-state index in [1.165, 1.54) is 70.3 Å². The Kier molecular flexibility index (Phi) is 7.66. The summed E-state index contributed by atoms with van der Waals surface area (Å²) in [6.45, 7) is 2.29. The third-order valence-electron chi connectivity index (χ3n) is 8.62. The van der Waals surface area contributed by atoms with Gasteiger partial charge in [0, 0.05) is 6.07 Å². The fraction of sp³-hybridized carbons (Fsp3) is 0.741. The molecule has 4 atom stereocenters. The van der Waals surface area contributed by atoms with Crippen molar-refractivity contribution in [2.75, 3.05) is 0 Å². The molecule has 3 aliphatic rings. The summed E-state index contributed by atoms with van der Waals surface area (Å²) in [7, 11) is 0. The lowest BCUT2D eigenvalue weighted by molar-refractivity contribution is -0.144. The molecule has 2 nitrogen and oxygen atoms in total. The van der Waals surface area contributed by atoms with Crippen LogP contribution in [0.4, 0.5) is 8.78 Å². The van der Waals surface area contributed by atoms with Crippen LogP contribution in [0, 0.1) is 47.1 Å². The molecule has 0 aromatic heterocycles. The predicted octanol–water partition coefficient (Wildman–Crippen LogP) is 7.70. The van der Waals surface area contributed by atoms with E-state index in [-0.39, 0.29) is 17.6 Å². The lowest BCUT2D eigenvalue weighted by atomic mass is 9.59. The van der Waals surface area contributed by atoms with Crippen LogP contribution in [0.1, 0.15) is 90.4 Å². The van der Waals surface area contributed by atoms with Crippen LogP contribution >= 0.6 is 0 Å². The summed E-state index contributed by atoms with van der Waals surface area (Å²) in [6, 6.07) is 3.33. The molecule has 0 aliphatic heterocycles. The summed E-state index contributed by atoms with van der Waals surface area (Å²) in [6.07, 6.45) is 16.5. The number of ether oxygens (including phenoxy) is 1. The van der Waals surface area contributed by atoms with Gasteiger partial charge in [-0.1, -0.05) is 51.9 Å². The Balaban J connectivity index is 1.31. The van der Waals surface area contributed by atoms with Gasteiger partial charge in [-0.3, -0.25) is 4.79 Å². The smallest absolute Gasteiger partial charge is 0.314 e. The monoisotopic (exact) mass is 432 g/mol. The highest BCUT2D eigenvalue weighted by atomic mass is 19.2.